The Bertz CT molecular complexity index is 1590. The molecule has 0 aliphatic heterocycles. The molecule has 0 fully saturated rings. The van der Waals surface area contributed by atoms with Crippen LogP contribution in [0.4, 0.5) is 0 Å². The summed E-state index contributed by atoms with van der Waals surface area (Å²) in [5.74, 6) is 0.166. The molecule has 0 saturated heterocycles. The molecule has 0 spiro atoms. The molecule has 0 saturated carbocycles. The quantitative estimate of drug-likeness (QED) is 0.0875. The summed E-state index contributed by atoms with van der Waals surface area (Å²) in [6, 6.07) is 28.5. The van der Waals surface area contributed by atoms with Crippen LogP contribution in [0.15, 0.2) is 96.0 Å². The molecule has 6 nitrogen and oxygen atoms in total. The van der Waals surface area contributed by atoms with Gasteiger partial charge >= 0.3 is 0 Å². The van der Waals surface area contributed by atoms with E-state index in [2.05, 4.69) is 19.2 Å². The lowest BCUT2D eigenvalue weighted by atomic mass is 9.89. The number of rotatable bonds is 12. The second kappa shape index (κ2) is 14.2. The SMILES string of the molecule is CCc1ccc(C(=O)NCc2ccc(OC)cc2)cc1C(C)C(C)=NCc1ccc(-c2ccccc2C(=O)C=O)cc1. The second-order valence-corrected chi connectivity index (χ2v) is 10.2. The third-order valence-electron chi connectivity index (χ3n) is 7.57. The molecule has 1 amide bonds. The van der Waals surface area contributed by atoms with Crippen LogP contribution in [0.3, 0.4) is 0 Å². The maximum Gasteiger partial charge on any atom is 0.251 e. The molecule has 0 aliphatic rings. The number of benzene rings is 4. The number of ether oxygens (including phenoxy) is 1. The number of nitrogens with zero attached hydrogens (tertiary/aromatic N) is 1. The smallest absolute Gasteiger partial charge is 0.251 e. The number of carbonyl (C=O) groups excluding carboxylic acids is 3. The van der Waals surface area contributed by atoms with Crippen LogP contribution in [-0.4, -0.2) is 30.8 Å². The summed E-state index contributed by atoms with van der Waals surface area (Å²) in [6.07, 6.45) is 1.21. The first-order valence-electron chi connectivity index (χ1n) is 14.1. The monoisotopic (exact) mass is 560 g/mol. The van der Waals surface area contributed by atoms with Gasteiger partial charge in [-0.3, -0.25) is 19.4 Å². The van der Waals surface area contributed by atoms with Gasteiger partial charge in [-0.1, -0.05) is 80.6 Å². The molecular weight excluding hydrogens is 524 g/mol. The fourth-order valence-corrected chi connectivity index (χ4v) is 4.87. The van der Waals surface area contributed by atoms with Crippen molar-refractivity contribution in [2.24, 2.45) is 4.99 Å². The number of ketones is 1. The predicted octanol–water partition coefficient (Wildman–Crippen LogP) is 7.00. The maximum absolute atomic E-state index is 13.0. The van der Waals surface area contributed by atoms with Gasteiger partial charge in [0.05, 0.1) is 13.7 Å². The van der Waals surface area contributed by atoms with Crippen LogP contribution in [0.5, 0.6) is 5.75 Å². The number of aliphatic imine (C=N–C) groups is 1. The third kappa shape index (κ3) is 7.26. The number of nitrogens with one attached hydrogen (secondary N) is 1. The Balaban J connectivity index is 1.45. The highest BCUT2D eigenvalue weighted by molar-refractivity contribution is 6.34. The summed E-state index contributed by atoms with van der Waals surface area (Å²) in [6.45, 7) is 7.20. The number of methoxy groups -OCH3 is 1. The van der Waals surface area contributed by atoms with Crippen LogP contribution in [0.25, 0.3) is 11.1 Å². The van der Waals surface area contributed by atoms with E-state index in [0.717, 1.165) is 45.7 Å². The topological polar surface area (TPSA) is 84.8 Å². The summed E-state index contributed by atoms with van der Waals surface area (Å²) >= 11 is 0. The van der Waals surface area contributed by atoms with Crippen molar-refractivity contribution in [3.63, 3.8) is 0 Å². The number of carbonyl (C=O) groups is 3. The molecule has 4 aromatic carbocycles. The highest BCUT2D eigenvalue weighted by Gasteiger charge is 2.16. The van der Waals surface area contributed by atoms with E-state index in [4.69, 9.17) is 9.73 Å². The van der Waals surface area contributed by atoms with E-state index in [1.807, 2.05) is 85.8 Å². The molecule has 214 valence electrons. The number of amides is 1. The molecule has 4 aromatic rings. The number of aryl methyl sites for hydroxylation is 1. The summed E-state index contributed by atoms with van der Waals surface area (Å²) in [7, 11) is 1.63. The van der Waals surface area contributed by atoms with Crippen LogP contribution in [0, 0.1) is 0 Å². The number of hydrogen-bond acceptors (Lipinski definition) is 5. The molecule has 1 unspecified atom stereocenters. The average Bonchev–Trinajstić information content (AvgIpc) is 3.05. The van der Waals surface area contributed by atoms with E-state index in [0.29, 0.717) is 30.5 Å². The normalized spacial score (nSPS) is 12.0. The highest BCUT2D eigenvalue weighted by Crippen LogP contribution is 2.26. The van der Waals surface area contributed by atoms with Crippen molar-refractivity contribution < 1.29 is 19.1 Å². The third-order valence-corrected chi connectivity index (χ3v) is 7.57. The van der Waals surface area contributed by atoms with Gasteiger partial charge in [0, 0.05) is 29.3 Å². The lowest BCUT2D eigenvalue weighted by Gasteiger charge is -2.18. The van der Waals surface area contributed by atoms with Gasteiger partial charge in [0.15, 0.2) is 6.29 Å². The Labute approximate surface area is 247 Å². The van der Waals surface area contributed by atoms with E-state index in [1.165, 1.54) is 5.56 Å². The van der Waals surface area contributed by atoms with E-state index < -0.39 is 5.78 Å². The van der Waals surface area contributed by atoms with Crippen molar-refractivity contribution in [2.45, 2.75) is 46.2 Å². The van der Waals surface area contributed by atoms with Gasteiger partial charge in [0.2, 0.25) is 5.78 Å². The predicted molar refractivity (Wildman–Crippen MR) is 167 cm³/mol. The van der Waals surface area contributed by atoms with Gasteiger partial charge in [-0.15, -0.1) is 0 Å². The zero-order valence-electron chi connectivity index (χ0n) is 24.5. The standard InChI is InChI=1S/C36H36N2O4/c1-5-28-16-17-30(36(41)38-22-27-12-18-31(42-4)19-13-27)20-34(28)24(2)25(3)37-21-26-10-14-29(15-11-26)32-8-6-7-9-33(32)35(40)23-39/h6-20,23-24H,5,21-22H2,1-4H3,(H,38,41). The molecule has 42 heavy (non-hydrogen) atoms. The van der Waals surface area contributed by atoms with Crippen molar-refractivity contribution in [1.82, 2.24) is 5.32 Å². The minimum atomic E-state index is -0.533. The van der Waals surface area contributed by atoms with E-state index in [-0.39, 0.29) is 11.8 Å². The van der Waals surface area contributed by atoms with Crippen molar-refractivity contribution in [3.8, 4) is 16.9 Å². The lowest BCUT2D eigenvalue weighted by molar-refractivity contribution is -0.104. The van der Waals surface area contributed by atoms with Crippen molar-refractivity contribution in [2.75, 3.05) is 7.11 Å². The Morgan fingerprint density at radius 1 is 0.929 bits per heavy atom. The first kappa shape index (κ1) is 30.1. The number of aldehydes is 1. The van der Waals surface area contributed by atoms with Crippen LogP contribution < -0.4 is 10.1 Å². The molecule has 0 aliphatic carbocycles. The van der Waals surface area contributed by atoms with E-state index >= 15 is 0 Å². The minimum absolute atomic E-state index is 0.0368. The van der Waals surface area contributed by atoms with Gasteiger partial charge in [-0.05, 0) is 71.0 Å². The summed E-state index contributed by atoms with van der Waals surface area (Å²) in [5.41, 5.74) is 7.92. The lowest BCUT2D eigenvalue weighted by Crippen LogP contribution is -2.23. The van der Waals surface area contributed by atoms with Crippen LogP contribution >= 0.6 is 0 Å². The maximum atomic E-state index is 13.0. The Morgan fingerprint density at radius 3 is 2.29 bits per heavy atom. The molecule has 4 rings (SSSR count). The first-order valence-corrected chi connectivity index (χ1v) is 14.1. The first-order chi connectivity index (χ1) is 20.3. The summed E-state index contributed by atoms with van der Waals surface area (Å²) in [4.78, 5) is 41.0. The number of hydrogen-bond donors (Lipinski definition) is 1. The van der Waals surface area contributed by atoms with Crippen LogP contribution in [0.2, 0.25) is 0 Å². The molecule has 0 heterocycles. The summed E-state index contributed by atoms with van der Waals surface area (Å²) < 4.78 is 5.20. The van der Waals surface area contributed by atoms with Gasteiger partial charge < -0.3 is 10.1 Å². The molecule has 1 atom stereocenters. The van der Waals surface area contributed by atoms with Gasteiger partial charge in [-0.2, -0.15) is 0 Å². The second-order valence-electron chi connectivity index (χ2n) is 10.2. The highest BCUT2D eigenvalue weighted by atomic mass is 16.5. The molecule has 0 bridgehead atoms. The zero-order chi connectivity index (χ0) is 30.1. The zero-order valence-corrected chi connectivity index (χ0v) is 24.5. The molecule has 0 aromatic heterocycles. The largest absolute Gasteiger partial charge is 0.497 e. The van der Waals surface area contributed by atoms with Crippen LogP contribution in [-0.2, 0) is 24.3 Å². The Morgan fingerprint density at radius 2 is 1.62 bits per heavy atom. The fourth-order valence-electron chi connectivity index (χ4n) is 4.87. The Hall–Kier alpha value is -4.84. The van der Waals surface area contributed by atoms with Gasteiger partial charge in [-0.25, -0.2) is 0 Å². The average molecular weight is 561 g/mol. The van der Waals surface area contributed by atoms with E-state index in [9.17, 15) is 14.4 Å². The summed E-state index contributed by atoms with van der Waals surface area (Å²) in [5, 5.41) is 3.02. The number of Topliss-reactive ketones (excluding diaryl/α,β-unsaturated/α-hetero) is 1. The van der Waals surface area contributed by atoms with Gasteiger partial charge in [0.25, 0.3) is 5.91 Å². The molecule has 1 N–H and O–H groups in total. The van der Waals surface area contributed by atoms with Crippen molar-refractivity contribution in [3.05, 3.63) is 124 Å². The molecular formula is C36H36N2O4. The van der Waals surface area contributed by atoms with Crippen molar-refractivity contribution in [1.29, 1.82) is 0 Å². The Kier molecular flexibility index (Phi) is 10.2. The van der Waals surface area contributed by atoms with Crippen LogP contribution in [0.1, 0.15) is 69.7 Å². The minimum Gasteiger partial charge on any atom is -0.497 e. The fraction of sp³-hybridized carbons (Fsp3) is 0.222. The van der Waals surface area contributed by atoms with Crippen molar-refractivity contribution >= 4 is 23.7 Å². The molecule has 6 heteroatoms. The molecule has 0 radical (unpaired) electrons. The van der Waals surface area contributed by atoms with Gasteiger partial charge in [0.1, 0.15) is 5.75 Å². The van der Waals surface area contributed by atoms with E-state index in [1.54, 1.807) is 19.2 Å².